The van der Waals surface area contributed by atoms with Gasteiger partial charge in [0.15, 0.2) is 17.5 Å². The van der Waals surface area contributed by atoms with Crippen molar-refractivity contribution in [2.24, 2.45) is 16.8 Å². The first-order chi connectivity index (χ1) is 18.6. The number of hydrogen-bond donors (Lipinski definition) is 3. The van der Waals surface area contributed by atoms with Crippen molar-refractivity contribution in [3.63, 3.8) is 0 Å². The Bertz CT molecular complexity index is 1390. The maximum absolute atomic E-state index is 13.3. The molecule has 39 heavy (non-hydrogen) atoms. The molecule has 0 saturated heterocycles. The Morgan fingerprint density at radius 1 is 1.26 bits per heavy atom. The van der Waals surface area contributed by atoms with Crippen molar-refractivity contribution < 1.29 is 9.18 Å². The number of nitrogens with zero attached hydrogens (tertiary/aromatic N) is 6. The van der Waals surface area contributed by atoms with Crippen LogP contribution in [0.4, 0.5) is 16.0 Å². The highest BCUT2D eigenvalue weighted by molar-refractivity contribution is 5.79. The zero-order valence-corrected chi connectivity index (χ0v) is 23.1. The molecular formula is C28H36FN9O. The number of rotatable bonds is 9. The summed E-state index contributed by atoms with van der Waals surface area (Å²) in [5.74, 6) is 2.57. The lowest BCUT2D eigenvalue weighted by Crippen LogP contribution is -2.40. The van der Waals surface area contributed by atoms with Gasteiger partial charge >= 0.3 is 0 Å². The number of aliphatic imine (C=N–C) groups is 1. The lowest BCUT2D eigenvalue weighted by molar-refractivity contribution is -0.127. The van der Waals surface area contributed by atoms with Crippen LogP contribution in [0.25, 0.3) is 5.82 Å². The Morgan fingerprint density at radius 2 is 2.05 bits per heavy atom. The largest absolute Gasteiger partial charge is 0.350 e. The van der Waals surface area contributed by atoms with Crippen molar-refractivity contribution in [2.45, 2.75) is 65.8 Å². The van der Waals surface area contributed by atoms with Crippen molar-refractivity contribution in [1.82, 2.24) is 35.3 Å². The minimum absolute atomic E-state index is 0.0437. The molecule has 11 heteroatoms. The van der Waals surface area contributed by atoms with Crippen molar-refractivity contribution in [1.29, 1.82) is 0 Å². The highest BCUT2D eigenvalue weighted by atomic mass is 19.1. The van der Waals surface area contributed by atoms with E-state index in [1.54, 1.807) is 6.08 Å². The molecule has 1 fully saturated rings. The van der Waals surface area contributed by atoms with Gasteiger partial charge in [-0.25, -0.2) is 24.0 Å². The number of allylic oxidation sites excluding steroid dienone is 2. The summed E-state index contributed by atoms with van der Waals surface area (Å²) < 4.78 is 14.6. The van der Waals surface area contributed by atoms with Gasteiger partial charge in [-0.1, -0.05) is 18.6 Å². The summed E-state index contributed by atoms with van der Waals surface area (Å²) in [6.45, 7) is 13.5. The zero-order valence-electron chi connectivity index (χ0n) is 23.1. The average Bonchev–Trinajstić information content (AvgIpc) is 3.51. The van der Waals surface area contributed by atoms with E-state index >= 15 is 0 Å². The molecule has 0 aliphatic heterocycles. The quantitative estimate of drug-likeness (QED) is 0.261. The van der Waals surface area contributed by atoms with Crippen molar-refractivity contribution in [3.05, 3.63) is 65.3 Å². The SMILES string of the molecule is C=N/C(=C\C=C(/C)[C@H](C)NC(=O)[C@@H]1CC[C@@H](c2nc(C)cc(Nc3cc(C)[nH]n3)n2)C(C)C1)n1cc(F)cn1. The first kappa shape index (κ1) is 27.9. The smallest absolute Gasteiger partial charge is 0.223 e. The van der Waals surface area contributed by atoms with E-state index < -0.39 is 5.82 Å². The van der Waals surface area contributed by atoms with Crippen LogP contribution in [-0.2, 0) is 4.79 Å². The third-order valence-electron chi connectivity index (χ3n) is 7.19. The van der Waals surface area contributed by atoms with Crippen LogP contribution in [0.1, 0.15) is 63.2 Å². The van der Waals surface area contributed by atoms with Crippen LogP contribution in [0.15, 0.2) is 47.2 Å². The molecule has 10 nitrogen and oxygen atoms in total. The molecule has 3 aromatic rings. The van der Waals surface area contributed by atoms with E-state index in [0.717, 1.165) is 48.2 Å². The van der Waals surface area contributed by atoms with E-state index in [1.165, 1.54) is 10.9 Å². The Hall–Kier alpha value is -4.15. The first-order valence-electron chi connectivity index (χ1n) is 13.1. The van der Waals surface area contributed by atoms with Gasteiger partial charge in [-0.15, -0.1) is 0 Å². The molecule has 1 unspecified atom stereocenters. The Kier molecular flexibility index (Phi) is 8.68. The van der Waals surface area contributed by atoms with Gasteiger partial charge in [0.2, 0.25) is 5.91 Å². The number of aromatic amines is 1. The maximum atomic E-state index is 13.3. The molecule has 0 aromatic carbocycles. The zero-order chi connectivity index (χ0) is 28.1. The predicted octanol–water partition coefficient (Wildman–Crippen LogP) is 5.07. The van der Waals surface area contributed by atoms with Gasteiger partial charge in [-0.3, -0.25) is 9.89 Å². The molecule has 3 N–H and O–H groups in total. The van der Waals surface area contributed by atoms with Crippen LogP contribution in [-0.4, -0.2) is 48.6 Å². The van der Waals surface area contributed by atoms with E-state index in [9.17, 15) is 9.18 Å². The van der Waals surface area contributed by atoms with E-state index in [-0.39, 0.29) is 29.7 Å². The third-order valence-corrected chi connectivity index (χ3v) is 7.19. The molecule has 4 atom stereocenters. The molecule has 1 saturated carbocycles. The van der Waals surface area contributed by atoms with Crippen molar-refractivity contribution in [2.75, 3.05) is 5.32 Å². The molecule has 0 radical (unpaired) electrons. The standard InChI is InChI=1S/C28H36FN9O/c1-16(7-10-26(30-6)38-15-22(29)14-31-38)20(5)33-28(39)21-8-9-23(17(2)11-21)27-32-18(3)12-24(35-27)34-25-13-19(4)36-37-25/h7,10,12-15,17,20-21,23H,6,8-9,11H2,1-5H3,(H,33,39)(H2,32,34,35,36,37)/b16-7+,26-10+/t17?,20-,21+,23+/m0/s1. The van der Waals surface area contributed by atoms with Crippen LogP contribution in [0, 0.1) is 31.5 Å². The second kappa shape index (κ2) is 12.1. The fourth-order valence-corrected chi connectivity index (χ4v) is 4.88. The molecule has 0 bridgehead atoms. The van der Waals surface area contributed by atoms with Gasteiger partial charge in [-0.05, 0) is 65.7 Å². The predicted molar refractivity (Wildman–Crippen MR) is 150 cm³/mol. The highest BCUT2D eigenvalue weighted by Crippen LogP contribution is 2.39. The van der Waals surface area contributed by atoms with Gasteiger partial charge < -0.3 is 10.6 Å². The number of H-pyrrole nitrogens is 1. The molecular weight excluding hydrogens is 497 g/mol. The number of anilines is 2. The van der Waals surface area contributed by atoms with Gasteiger partial charge in [0.1, 0.15) is 11.6 Å². The molecule has 1 aliphatic carbocycles. The number of amides is 1. The lowest BCUT2D eigenvalue weighted by atomic mass is 9.74. The molecule has 1 aliphatic rings. The van der Waals surface area contributed by atoms with Crippen molar-refractivity contribution in [3.8, 4) is 0 Å². The number of hydrogen-bond acceptors (Lipinski definition) is 7. The second-order valence-corrected chi connectivity index (χ2v) is 10.3. The fourth-order valence-electron chi connectivity index (χ4n) is 4.88. The highest BCUT2D eigenvalue weighted by Gasteiger charge is 2.34. The summed E-state index contributed by atoms with van der Waals surface area (Å²) in [4.78, 5) is 26.6. The summed E-state index contributed by atoms with van der Waals surface area (Å²) in [5, 5.41) is 17.5. The van der Waals surface area contributed by atoms with Gasteiger partial charge in [0.25, 0.3) is 0 Å². The Labute approximate surface area is 227 Å². The monoisotopic (exact) mass is 533 g/mol. The molecule has 1 amide bonds. The molecule has 0 spiro atoms. The summed E-state index contributed by atoms with van der Waals surface area (Å²) in [5.41, 5.74) is 2.79. The van der Waals surface area contributed by atoms with E-state index in [1.807, 2.05) is 45.9 Å². The minimum Gasteiger partial charge on any atom is -0.350 e. The summed E-state index contributed by atoms with van der Waals surface area (Å²) >= 11 is 0. The Morgan fingerprint density at radius 3 is 2.69 bits per heavy atom. The topological polar surface area (TPSA) is 126 Å². The number of aryl methyl sites for hydroxylation is 2. The average molecular weight is 534 g/mol. The number of halogens is 1. The number of aromatic nitrogens is 6. The number of carbonyl (C=O) groups is 1. The minimum atomic E-state index is -0.454. The van der Waals surface area contributed by atoms with Gasteiger partial charge in [0, 0.05) is 41.4 Å². The maximum Gasteiger partial charge on any atom is 0.223 e. The number of carbonyl (C=O) groups excluding carboxylic acids is 1. The van der Waals surface area contributed by atoms with Gasteiger partial charge in [0.05, 0.1) is 12.4 Å². The third kappa shape index (κ3) is 7.04. The first-order valence-corrected chi connectivity index (χ1v) is 13.1. The van der Waals surface area contributed by atoms with Crippen LogP contribution < -0.4 is 10.6 Å². The molecule has 4 rings (SSSR count). The summed E-state index contributed by atoms with van der Waals surface area (Å²) in [6, 6.07) is 3.65. The molecule has 3 aromatic heterocycles. The number of nitrogens with one attached hydrogen (secondary N) is 3. The van der Waals surface area contributed by atoms with Crippen LogP contribution in [0.3, 0.4) is 0 Å². The van der Waals surface area contributed by atoms with Gasteiger partial charge in [-0.2, -0.15) is 10.2 Å². The van der Waals surface area contributed by atoms with Crippen LogP contribution in [0.5, 0.6) is 0 Å². The fraction of sp³-hybridized carbons (Fsp3) is 0.429. The van der Waals surface area contributed by atoms with Crippen LogP contribution >= 0.6 is 0 Å². The van der Waals surface area contributed by atoms with E-state index in [4.69, 9.17) is 9.97 Å². The van der Waals surface area contributed by atoms with E-state index in [0.29, 0.717) is 17.5 Å². The molecule has 3 heterocycles. The van der Waals surface area contributed by atoms with Crippen LogP contribution in [0.2, 0.25) is 0 Å². The van der Waals surface area contributed by atoms with Crippen molar-refractivity contribution >= 4 is 30.1 Å². The van der Waals surface area contributed by atoms with E-state index in [2.05, 4.69) is 44.6 Å². The summed E-state index contributed by atoms with van der Waals surface area (Å²) in [6.07, 6.45) is 8.24. The summed E-state index contributed by atoms with van der Waals surface area (Å²) in [7, 11) is 0. The lowest BCUT2D eigenvalue weighted by Gasteiger charge is -2.33. The molecule has 206 valence electrons. The Balaban J connectivity index is 1.36. The normalized spacial score (nSPS) is 20.9. The second-order valence-electron chi connectivity index (χ2n) is 10.3.